The number of ether oxygens (including phenoxy) is 4. The Morgan fingerprint density at radius 2 is 1.60 bits per heavy atom. The lowest BCUT2D eigenvalue weighted by atomic mass is 10.2. The van der Waals surface area contributed by atoms with Crippen LogP contribution >= 0.6 is 0 Å². The molecule has 5 heteroatoms. The third-order valence-corrected chi connectivity index (χ3v) is 3.24. The van der Waals surface area contributed by atoms with Crippen molar-refractivity contribution in [1.29, 1.82) is 0 Å². The first-order valence-corrected chi connectivity index (χ1v) is 7.90. The van der Waals surface area contributed by atoms with Gasteiger partial charge < -0.3 is 18.9 Å². The van der Waals surface area contributed by atoms with Gasteiger partial charge >= 0.3 is 5.97 Å². The van der Waals surface area contributed by atoms with Crippen molar-refractivity contribution >= 4 is 12.0 Å². The van der Waals surface area contributed by atoms with Crippen molar-refractivity contribution in [3.8, 4) is 23.0 Å². The summed E-state index contributed by atoms with van der Waals surface area (Å²) in [4.78, 5) is 11.9. The SMILES string of the molecule is COc1ccc(OC(=O)/C=C/c2ccc(OC(C)C)c(OC)c2)cc1. The van der Waals surface area contributed by atoms with Crippen LogP contribution in [0, 0.1) is 0 Å². The number of benzene rings is 2. The fourth-order valence-electron chi connectivity index (χ4n) is 2.10. The Kier molecular flexibility index (Phi) is 6.46. The van der Waals surface area contributed by atoms with E-state index in [-0.39, 0.29) is 6.10 Å². The zero-order chi connectivity index (χ0) is 18.2. The molecule has 0 saturated heterocycles. The second kappa shape index (κ2) is 8.78. The number of hydrogen-bond donors (Lipinski definition) is 0. The maximum atomic E-state index is 11.9. The minimum Gasteiger partial charge on any atom is -0.497 e. The number of esters is 1. The van der Waals surface area contributed by atoms with Gasteiger partial charge in [0.25, 0.3) is 0 Å². The molecule has 0 aliphatic rings. The van der Waals surface area contributed by atoms with Crippen molar-refractivity contribution in [3.63, 3.8) is 0 Å². The van der Waals surface area contributed by atoms with Crippen LogP contribution in [0.4, 0.5) is 0 Å². The Bertz CT molecular complexity index is 732. The van der Waals surface area contributed by atoms with Crippen molar-refractivity contribution in [2.75, 3.05) is 14.2 Å². The van der Waals surface area contributed by atoms with E-state index in [1.165, 1.54) is 6.08 Å². The molecule has 132 valence electrons. The van der Waals surface area contributed by atoms with Crippen molar-refractivity contribution in [3.05, 3.63) is 54.1 Å². The summed E-state index contributed by atoms with van der Waals surface area (Å²) in [5.41, 5.74) is 0.805. The molecule has 0 amide bonds. The van der Waals surface area contributed by atoms with E-state index in [0.717, 1.165) is 5.56 Å². The zero-order valence-electron chi connectivity index (χ0n) is 14.8. The normalized spacial score (nSPS) is 10.8. The highest BCUT2D eigenvalue weighted by Crippen LogP contribution is 2.29. The molecule has 0 radical (unpaired) electrons. The third kappa shape index (κ3) is 5.57. The molecule has 0 heterocycles. The molecule has 0 saturated carbocycles. The molecular weight excluding hydrogens is 320 g/mol. The van der Waals surface area contributed by atoms with Crippen LogP contribution < -0.4 is 18.9 Å². The van der Waals surface area contributed by atoms with Crippen molar-refractivity contribution in [2.45, 2.75) is 20.0 Å². The van der Waals surface area contributed by atoms with Gasteiger partial charge in [-0.2, -0.15) is 0 Å². The van der Waals surface area contributed by atoms with E-state index in [0.29, 0.717) is 23.0 Å². The van der Waals surface area contributed by atoms with Crippen LogP contribution in [0.25, 0.3) is 6.08 Å². The Hall–Kier alpha value is -2.95. The minimum atomic E-state index is -0.466. The first-order valence-electron chi connectivity index (χ1n) is 7.90. The minimum absolute atomic E-state index is 0.0507. The average molecular weight is 342 g/mol. The first kappa shape index (κ1) is 18.4. The standard InChI is InChI=1S/C20H22O5/c1-14(2)24-18-11-5-15(13-19(18)23-4)6-12-20(21)25-17-9-7-16(22-3)8-10-17/h5-14H,1-4H3/b12-6+. The summed E-state index contributed by atoms with van der Waals surface area (Å²) in [5.74, 6) is 1.96. The predicted octanol–water partition coefficient (Wildman–Crippen LogP) is 4.11. The second-order valence-corrected chi connectivity index (χ2v) is 5.51. The summed E-state index contributed by atoms with van der Waals surface area (Å²) in [6.07, 6.45) is 3.07. The molecular formula is C20H22O5. The molecule has 25 heavy (non-hydrogen) atoms. The van der Waals surface area contributed by atoms with Crippen LogP contribution in [-0.4, -0.2) is 26.3 Å². The molecule has 0 aliphatic carbocycles. The van der Waals surface area contributed by atoms with Crippen molar-refractivity contribution in [2.24, 2.45) is 0 Å². The van der Waals surface area contributed by atoms with Gasteiger partial charge in [0.2, 0.25) is 0 Å². The summed E-state index contributed by atoms with van der Waals surface area (Å²) in [7, 11) is 3.16. The lowest BCUT2D eigenvalue weighted by Gasteiger charge is -2.13. The third-order valence-electron chi connectivity index (χ3n) is 3.24. The number of carbonyl (C=O) groups excluding carboxylic acids is 1. The van der Waals surface area contributed by atoms with E-state index >= 15 is 0 Å². The number of methoxy groups -OCH3 is 2. The van der Waals surface area contributed by atoms with Crippen LogP contribution in [0.3, 0.4) is 0 Å². The number of rotatable bonds is 7. The molecule has 0 bridgehead atoms. The van der Waals surface area contributed by atoms with Crippen LogP contribution in [-0.2, 0) is 4.79 Å². The van der Waals surface area contributed by atoms with E-state index in [9.17, 15) is 4.79 Å². The van der Waals surface area contributed by atoms with Crippen LogP contribution in [0.5, 0.6) is 23.0 Å². The van der Waals surface area contributed by atoms with Crippen molar-refractivity contribution < 1.29 is 23.7 Å². The highest BCUT2D eigenvalue weighted by atomic mass is 16.5. The van der Waals surface area contributed by atoms with Gasteiger partial charge in [-0.25, -0.2) is 4.79 Å². The summed E-state index contributed by atoms with van der Waals surface area (Å²) >= 11 is 0. The quantitative estimate of drug-likeness (QED) is 0.430. The maximum absolute atomic E-state index is 11.9. The molecule has 0 unspecified atom stereocenters. The monoisotopic (exact) mass is 342 g/mol. The molecule has 0 atom stereocenters. The van der Waals surface area contributed by atoms with Crippen molar-refractivity contribution in [1.82, 2.24) is 0 Å². The van der Waals surface area contributed by atoms with Crippen LogP contribution in [0.2, 0.25) is 0 Å². The zero-order valence-corrected chi connectivity index (χ0v) is 14.8. The number of hydrogen-bond acceptors (Lipinski definition) is 5. The summed E-state index contributed by atoms with van der Waals surface area (Å²) in [6.45, 7) is 3.89. The lowest BCUT2D eigenvalue weighted by molar-refractivity contribution is -0.128. The van der Waals surface area contributed by atoms with Gasteiger partial charge in [0, 0.05) is 6.08 Å². The summed E-state index contributed by atoms with van der Waals surface area (Å²) in [6, 6.07) is 12.3. The van der Waals surface area contributed by atoms with Gasteiger partial charge in [-0.15, -0.1) is 0 Å². The van der Waals surface area contributed by atoms with Gasteiger partial charge in [-0.05, 0) is 61.9 Å². The van der Waals surface area contributed by atoms with Crippen LogP contribution in [0.15, 0.2) is 48.5 Å². The van der Waals surface area contributed by atoms with Crippen LogP contribution in [0.1, 0.15) is 19.4 Å². The molecule has 2 rings (SSSR count). The van der Waals surface area contributed by atoms with E-state index in [2.05, 4.69) is 0 Å². The second-order valence-electron chi connectivity index (χ2n) is 5.51. The predicted molar refractivity (Wildman–Crippen MR) is 96.4 cm³/mol. The molecule has 0 N–H and O–H groups in total. The van der Waals surface area contributed by atoms with E-state index in [1.807, 2.05) is 26.0 Å². The molecule has 0 aromatic heterocycles. The summed E-state index contributed by atoms with van der Waals surface area (Å²) < 4.78 is 21.3. The number of carbonyl (C=O) groups is 1. The highest BCUT2D eigenvalue weighted by Gasteiger charge is 2.07. The lowest BCUT2D eigenvalue weighted by Crippen LogP contribution is -2.06. The van der Waals surface area contributed by atoms with Gasteiger partial charge in [0.15, 0.2) is 11.5 Å². The molecule has 0 aliphatic heterocycles. The van der Waals surface area contributed by atoms with E-state index in [4.69, 9.17) is 18.9 Å². The Morgan fingerprint density at radius 1 is 0.920 bits per heavy atom. The highest BCUT2D eigenvalue weighted by molar-refractivity contribution is 5.88. The molecule has 5 nitrogen and oxygen atoms in total. The Morgan fingerprint density at radius 3 is 2.20 bits per heavy atom. The molecule has 2 aromatic rings. The summed E-state index contributed by atoms with van der Waals surface area (Å²) in [5, 5.41) is 0. The Balaban J connectivity index is 2.03. The fourth-order valence-corrected chi connectivity index (χ4v) is 2.10. The average Bonchev–Trinajstić information content (AvgIpc) is 2.61. The van der Waals surface area contributed by atoms with Gasteiger partial charge in [0.1, 0.15) is 11.5 Å². The van der Waals surface area contributed by atoms with Gasteiger partial charge in [0.05, 0.1) is 20.3 Å². The first-order chi connectivity index (χ1) is 12.0. The molecule has 2 aromatic carbocycles. The van der Waals surface area contributed by atoms with Gasteiger partial charge in [-0.1, -0.05) is 6.07 Å². The Labute approximate surface area is 147 Å². The molecule has 0 spiro atoms. The fraction of sp³-hybridized carbons (Fsp3) is 0.250. The van der Waals surface area contributed by atoms with Gasteiger partial charge in [-0.3, -0.25) is 0 Å². The maximum Gasteiger partial charge on any atom is 0.336 e. The van der Waals surface area contributed by atoms with E-state index in [1.54, 1.807) is 50.6 Å². The largest absolute Gasteiger partial charge is 0.497 e. The topological polar surface area (TPSA) is 54.0 Å². The smallest absolute Gasteiger partial charge is 0.336 e. The van der Waals surface area contributed by atoms with E-state index < -0.39 is 5.97 Å². The molecule has 0 fully saturated rings.